The summed E-state index contributed by atoms with van der Waals surface area (Å²) in [5.41, 5.74) is 5.08. The molecule has 2 atom stereocenters. The van der Waals surface area contributed by atoms with Crippen LogP contribution in [-0.4, -0.2) is 32.0 Å². The first-order valence-corrected chi connectivity index (χ1v) is 12.1. The van der Waals surface area contributed by atoms with Crippen molar-refractivity contribution >= 4 is 28.9 Å². The number of aromatic nitrogens is 2. The van der Waals surface area contributed by atoms with Gasteiger partial charge in [-0.1, -0.05) is 18.2 Å². The van der Waals surface area contributed by atoms with Crippen LogP contribution in [0.3, 0.4) is 0 Å². The number of carbonyl (C=O) groups excluding carboxylic acids is 1. The van der Waals surface area contributed by atoms with Gasteiger partial charge in [0.05, 0.1) is 17.8 Å². The minimum Gasteiger partial charge on any atom is -0.352 e. The van der Waals surface area contributed by atoms with Gasteiger partial charge in [0.2, 0.25) is 5.91 Å². The summed E-state index contributed by atoms with van der Waals surface area (Å²) in [6.45, 7) is 11.1. The zero-order chi connectivity index (χ0) is 24.5. The van der Waals surface area contributed by atoms with E-state index in [1.165, 1.54) is 0 Å². The Bertz CT molecular complexity index is 1180. The van der Waals surface area contributed by atoms with Gasteiger partial charge >= 0.3 is 0 Å². The number of hydrogen-bond donors (Lipinski definition) is 2. The molecule has 34 heavy (non-hydrogen) atoms. The molecule has 7 heteroatoms. The van der Waals surface area contributed by atoms with Crippen LogP contribution in [0.1, 0.15) is 61.7 Å². The molecule has 0 aliphatic carbocycles. The van der Waals surface area contributed by atoms with Crippen molar-refractivity contribution in [3.8, 4) is 0 Å². The summed E-state index contributed by atoms with van der Waals surface area (Å²) in [7, 11) is 0. The molecule has 3 heterocycles. The molecule has 1 saturated heterocycles. The summed E-state index contributed by atoms with van der Waals surface area (Å²) in [5.74, 6) is -0.0243. The first-order chi connectivity index (χ1) is 16.1. The van der Waals surface area contributed by atoms with E-state index in [-0.39, 0.29) is 23.5 Å². The number of benzene rings is 1. The maximum absolute atomic E-state index is 12.9. The zero-order valence-corrected chi connectivity index (χ0v) is 21.3. The smallest absolute Gasteiger partial charge is 0.226 e. The van der Waals surface area contributed by atoms with Gasteiger partial charge in [-0.05, 0) is 87.8 Å². The number of pyridine rings is 1. The number of amides is 1. The van der Waals surface area contributed by atoms with Crippen LogP contribution >= 0.6 is 12.2 Å². The molecule has 3 aromatic rings. The van der Waals surface area contributed by atoms with Crippen molar-refractivity contribution < 1.29 is 4.79 Å². The van der Waals surface area contributed by atoms with Crippen molar-refractivity contribution in [2.24, 2.45) is 0 Å². The van der Waals surface area contributed by atoms with E-state index >= 15 is 0 Å². The van der Waals surface area contributed by atoms with Gasteiger partial charge in [-0.15, -0.1) is 0 Å². The van der Waals surface area contributed by atoms with Crippen molar-refractivity contribution in [1.29, 1.82) is 0 Å². The molecule has 2 N–H and O–H groups in total. The number of rotatable bonds is 6. The molecular formula is C27H33N5OS. The molecule has 1 aliphatic heterocycles. The third kappa shape index (κ3) is 5.14. The number of carbonyl (C=O) groups is 1. The van der Waals surface area contributed by atoms with E-state index in [2.05, 4.69) is 64.3 Å². The van der Waals surface area contributed by atoms with Gasteiger partial charge in [0.1, 0.15) is 0 Å². The van der Waals surface area contributed by atoms with E-state index in [1.54, 1.807) is 6.20 Å². The summed E-state index contributed by atoms with van der Waals surface area (Å²) >= 11 is 5.74. The average Bonchev–Trinajstić information content (AvgIpc) is 3.40. The third-order valence-corrected chi connectivity index (χ3v) is 6.63. The largest absolute Gasteiger partial charge is 0.352 e. The second kappa shape index (κ2) is 9.58. The number of aryl methyl sites for hydroxylation is 2. The molecule has 0 spiro atoms. The molecule has 178 valence electrons. The Kier molecular flexibility index (Phi) is 6.75. The van der Waals surface area contributed by atoms with E-state index in [0.29, 0.717) is 18.1 Å². The molecule has 2 aromatic heterocycles. The third-order valence-electron chi connectivity index (χ3n) is 6.28. The first kappa shape index (κ1) is 24.0. The Morgan fingerprint density at radius 1 is 1.18 bits per heavy atom. The fraction of sp³-hybridized carbons (Fsp3) is 0.370. The molecule has 0 radical (unpaired) electrons. The number of hydrogen-bond acceptors (Lipinski definition) is 3. The summed E-state index contributed by atoms with van der Waals surface area (Å²) < 4.78 is 2.21. The van der Waals surface area contributed by atoms with Crippen LogP contribution < -0.4 is 10.6 Å². The van der Waals surface area contributed by atoms with Gasteiger partial charge < -0.3 is 20.1 Å². The van der Waals surface area contributed by atoms with Gasteiger partial charge in [-0.2, -0.15) is 0 Å². The predicted molar refractivity (Wildman–Crippen MR) is 141 cm³/mol. The van der Waals surface area contributed by atoms with Gasteiger partial charge in [-0.3, -0.25) is 9.78 Å². The number of anilines is 1. The second-order valence-corrected chi connectivity index (χ2v) is 10.3. The van der Waals surface area contributed by atoms with E-state index in [0.717, 1.165) is 28.1 Å². The molecule has 6 nitrogen and oxygen atoms in total. The van der Waals surface area contributed by atoms with Crippen LogP contribution in [0.2, 0.25) is 0 Å². The van der Waals surface area contributed by atoms with Crippen molar-refractivity contribution in [3.05, 3.63) is 83.4 Å². The summed E-state index contributed by atoms with van der Waals surface area (Å²) in [5, 5.41) is 7.17. The standard InChI is InChI=1S/C27H33N5OS/c1-18-9-10-19(2)22(16-18)29-23(33)12-15-32-25(20-11-14-31(17-20)27(3,4)5)24(30-26(32)34)21-8-6-7-13-28-21/h6-11,13-14,16-17,24-25H,12,15H2,1-5H3,(H,29,33)(H,30,34). The van der Waals surface area contributed by atoms with E-state index in [9.17, 15) is 4.79 Å². The second-order valence-electron chi connectivity index (χ2n) is 9.96. The SMILES string of the molecule is Cc1ccc(C)c(NC(=O)CCN2C(=S)NC(c3ccccn3)C2c2ccn(C(C)(C)C)c2)c1. The lowest BCUT2D eigenvalue weighted by molar-refractivity contribution is -0.116. The predicted octanol–water partition coefficient (Wildman–Crippen LogP) is 5.26. The average molecular weight is 476 g/mol. The summed E-state index contributed by atoms with van der Waals surface area (Å²) in [6.07, 6.45) is 6.43. The molecule has 0 saturated carbocycles. The number of thiocarbonyl (C=S) groups is 1. The van der Waals surface area contributed by atoms with Crippen molar-refractivity contribution in [2.45, 2.75) is 58.7 Å². The number of nitrogens with one attached hydrogen (secondary N) is 2. The lowest BCUT2D eigenvalue weighted by Gasteiger charge is -2.27. The normalized spacial score (nSPS) is 18.1. The molecule has 2 unspecified atom stereocenters. The van der Waals surface area contributed by atoms with E-state index in [4.69, 9.17) is 12.2 Å². The molecule has 1 amide bonds. The van der Waals surface area contributed by atoms with Crippen LogP contribution in [0.15, 0.2) is 61.1 Å². The Hall–Kier alpha value is -3.19. The minimum atomic E-state index is -0.0911. The van der Waals surface area contributed by atoms with Crippen molar-refractivity contribution in [1.82, 2.24) is 19.8 Å². The Morgan fingerprint density at radius 2 is 1.97 bits per heavy atom. The lowest BCUT2D eigenvalue weighted by atomic mass is 9.99. The van der Waals surface area contributed by atoms with Gasteiger partial charge in [0, 0.05) is 42.8 Å². The van der Waals surface area contributed by atoms with E-state index < -0.39 is 0 Å². The fourth-order valence-electron chi connectivity index (χ4n) is 4.32. The quantitative estimate of drug-likeness (QED) is 0.477. The molecular weight excluding hydrogens is 442 g/mol. The topological polar surface area (TPSA) is 62.2 Å². The lowest BCUT2D eigenvalue weighted by Crippen LogP contribution is -2.32. The molecule has 1 aromatic carbocycles. The van der Waals surface area contributed by atoms with Gasteiger partial charge in [0.15, 0.2) is 5.11 Å². The van der Waals surface area contributed by atoms with Crippen molar-refractivity contribution in [2.75, 3.05) is 11.9 Å². The van der Waals surface area contributed by atoms with Crippen LogP contribution in [0, 0.1) is 13.8 Å². The first-order valence-electron chi connectivity index (χ1n) is 11.7. The number of nitrogens with zero attached hydrogens (tertiary/aromatic N) is 3. The van der Waals surface area contributed by atoms with Gasteiger partial charge in [0.25, 0.3) is 0 Å². The summed E-state index contributed by atoms with van der Waals surface area (Å²) in [4.78, 5) is 19.6. The zero-order valence-electron chi connectivity index (χ0n) is 20.5. The highest BCUT2D eigenvalue weighted by Gasteiger charge is 2.40. The van der Waals surface area contributed by atoms with Crippen LogP contribution in [0.5, 0.6) is 0 Å². The van der Waals surface area contributed by atoms with Crippen molar-refractivity contribution in [3.63, 3.8) is 0 Å². The van der Waals surface area contributed by atoms with Crippen LogP contribution in [0.4, 0.5) is 5.69 Å². The molecule has 4 rings (SSSR count). The molecule has 1 fully saturated rings. The Labute approximate surface area is 207 Å². The highest BCUT2D eigenvalue weighted by molar-refractivity contribution is 7.80. The molecule has 1 aliphatic rings. The Balaban J connectivity index is 1.56. The monoisotopic (exact) mass is 475 g/mol. The summed E-state index contributed by atoms with van der Waals surface area (Å²) in [6, 6.07) is 14.0. The van der Waals surface area contributed by atoms with Gasteiger partial charge in [-0.25, -0.2) is 0 Å². The maximum atomic E-state index is 12.9. The molecule has 0 bridgehead atoms. The Morgan fingerprint density at radius 3 is 2.65 bits per heavy atom. The highest BCUT2D eigenvalue weighted by atomic mass is 32.1. The maximum Gasteiger partial charge on any atom is 0.226 e. The van der Waals surface area contributed by atoms with Crippen LogP contribution in [0.25, 0.3) is 0 Å². The minimum absolute atomic E-state index is 0.0243. The van der Waals surface area contributed by atoms with E-state index in [1.807, 2.05) is 50.2 Å². The van der Waals surface area contributed by atoms with Crippen LogP contribution in [-0.2, 0) is 10.3 Å². The highest BCUT2D eigenvalue weighted by Crippen LogP contribution is 2.39. The fourth-order valence-corrected chi connectivity index (χ4v) is 4.65.